The number of aliphatic hydroxyl groups excluding tert-OH is 1. The van der Waals surface area contributed by atoms with Crippen LogP contribution in [0.1, 0.15) is 24.0 Å². The predicted octanol–water partition coefficient (Wildman–Crippen LogP) is 4.08. The van der Waals surface area contributed by atoms with Gasteiger partial charge >= 0.3 is 5.69 Å². The smallest absolute Gasteiger partial charge is 0.310 e. The van der Waals surface area contributed by atoms with Crippen LogP contribution in [0.15, 0.2) is 48.5 Å². The number of phenolic OH excluding ortho intramolecular Hbond substituents is 1. The molecule has 3 aromatic carbocycles. The molecule has 1 aliphatic heterocycles. The Kier molecular flexibility index (Phi) is 7.55. The third-order valence-corrected chi connectivity index (χ3v) is 6.02. The van der Waals surface area contributed by atoms with Crippen molar-refractivity contribution < 1.29 is 24.7 Å². The Morgan fingerprint density at radius 2 is 1.92 bits per heavy atom. The SMILES string of the molecule is COc1cc(-c2cc(O)c3c(c2)Nc2ccc(CC(=O)NCCCCO)cc2NC3)ccc1[N+](=O)[O-]. The minimum Gasteiger partial charge on any atom is -0.507 e. The molecule has 1 heterocycles. The number of anilines is 3. The monoisotopic (exact) mass is 492 g/mol. The van der Waals surface area contributed by atoms with Crippen molar-refractivity contribution in [3.8, 4) is 22.6 Å². The van der Waals surface area contributed by atoms with Gasteiger partial charge in [-0.1, -0.05) is 6.07 Å². The summed E-state index contributed by atoms with van der Waals surface area (Å²) in [5, 5.41) is 40.4. The molecule has 0 spiro atoms. The number of carbonyl (C=O) groups is 1. The number of ether oxygens (including phenoxy) is 1. The van der Waals surface area contributed by atoms with Crippen LogP contribution in [0.3, 0.4) is 0 Å². The van der Waals surface area contributed by atoms with Gasteiger partial charge in [-0.25, -0.2) is 0 Å². The first kappa shape index (κ1) is 24.8. The van der Waals surface area contributed by atoms with Crippen LogP contribution < -0.4 is 20.7 Å². The highest BCUT2D eigenvalue weighted by Crippen LogP contribution is 2.41. The number of benzene rings is 3. The maximum Gasteiger partial charge on any atom is 0.310 e. The minimum atomic E-state index is -0.503. The molecule has 36 heavy (non-hydrogen) atoms. The van der Waals surface area contributed by atoms with Crippen LogP contribution in [0, 0.1) is 10.1 Å². The molecule has 0 aromatic heterocycles. The van der Waals surface area contributed by atoms with Gasteiger partial charge in [0.2, 0.25) is 5.91 Å². The van der Waals surface area contributed by atoms with Crippen molar-refractivity contribution in [2.45, 2.75) is 25.8 Å². The Morgan fingerprint density at radius 3 is 2.67 bits per heavy atom. The second-order valence-corrected chi connectivity index (χ2v) is 8.48. The molecule has 0 saturated carbocycles. The number of hydrogen-bond donors (Lipinski definition) is 5. The van der Waals surface area contributed by atoms with Crippen LogP contribution in [0.4, 0.5) is 22.7 Å². The molecular weight excluding hydrogens is 464 g/mol. The Hall–Kier alpha value is -4.31. The Bertz CT molecular complexity index is 1290. The van der Waals surface area contributed by atoms with Crippen LogP contribution in [-0.4, -0.2) is 41.3 Å². The first-order valence-corrected chi connectivity index (χ1v) is 11.6. The molecule has 0 aliphatic carbocycles. The lowest BCUT2D eigenvalue weighted by molar-refractivity contribution is -0.385. The molecule has 0 radical (unpaired) electrons. The predicted molar refractivity (Wildman–Crippen MR) is 137 cm³/mol. The van der Waals surface area contributed by atoms with Crippen molar-refractivity contribution in [2.24, 2.45) is 0 Å². The average Bonchev–Trinajstić information content (AvgIpc) is 3.05. The van der Waals surface area contributed by atoms with Crippen molar-refractivity contribution in [1.29, 1.82) is 0 Å². The largest absolute Gasteiger partial charge is 0.507 e. The van der Waals surface area contributed by atoms with Crippen molar-refractivity contribution in [1.82, 2.24) is 5.32 Å². The topological polar surface area (TPSA) is 146 Å². The second kappa shape index (κ2) is 11.0. The highest BCUT2D eigenvalue weighted by atomic mass is 16.6. The van der Waals surface area contributed by atoms with Crippen LogP contribution in [-0.2, 0) is 17.8 Å². The number of fused-ring (bicyclic) bond motifs is 2. The summed E-state index contributed by atoms with van der Waals surface area (Å²) in [5.74, 6) is 0.130. The molecule has 10 nitrogen and oxygen atoms in total. The van der Waals surface area contributed by atoms with Gasteiger partial charge < -0.3 is 30.9 Å². The lowest BCUT2D eigenvalue weighted by atomic mass is 10.0. The molecule has 3 aromatic rings. The van der Waals surface area contributed by atoms with Gasteiger partial charge in [0.1, 0.15) is 5.75 Å². The van der Waals surface area contributed by atoms with Gasteiger partial charge in [0.05, 0.1) is 29.8 Å². The lowest BCUT2D eigenvalue weighted by Gasteiger charge is -2.14. The fraction of sp³-hybridized carbons (Fsp3) is 0.269. The van der Waals surface area contributed by atoms with Crippen LogP contribution in [0.25, 0.3) is 11.1 Å². The number of nitrogens with zero attached hydrogens (tertiary/aromatic N) is 1. The number of methoxy groups -OCH3 is 1. The molecule has 1 aliphatic rings. The van der Waals surface area contributed by atoms with Crippen molar-refractivity contribution in [3.63, 3.8) is 0 Å². The van der Waals surface area contributed by atoms with Crippen molar-refractivity contribution in [2.75, 3.05) is 30.9 Å². The van der Waals surface area contributed by atoms with Crippen LogP contribution >= 0.6 is 0 Å². The van der Waals surface area contributed by atoms with E-state index in [4.69, 9.17) is 9.84 Å². The van der Waals surface area contributed by atoms with Gasteiger partial charge in [-0.15, -0.1) is 0 Å². The number of nitro groups is 1. The van der Waals surface area contributed by atoms with E-state index in [1.165, 1.54) is 13.2 Å². The molecule has 10 heteroatoms. The van der Waals surface area contributed by atoms with E-state index in [-0.39, 0.29) is 36.1 Å². The Labute approximate surface area is 208 Å². The molecule has 4 rings (SSSR count). The number of carbonyl (C=O) groups excluding carboxylic acids is 1. The molecule has 0 bridgehead atoms. The maximum absolute atomic E-state index is 12.2. The summed E-state index contributed by atoms with van der Waals surface area (Å²) in [4.78, 5) is 22.9. The van der Waals surface area contributed by atoms with Gasteiger partial charge in [0, 0.05) is 37.0 Å². The van der Waals surface area contributed by atoms with Crippen LogP contribution in [0.2, 0.25) is 0 Å². The quantitative estimate of drug-likeness (QED) is 0.171. The average molecular weight is 493 g/mol. The van der Waals surface area contributed by atoms with Crippen molar-refractivity contribution >= 4 is 28.7 Å². The summed E-state index contributed by atoms with van der Waals surface area (Å²) in [7, 11) is 1.37. The standard InChI is InChI=1S/C26H28N4O6/c1-36-25-14-17(5-7-23(25)30(34)35)18-12-21-19(24(32)13-18)15-28-22-10-16(4-6-20(22)29-21)11-26(33)27-8-2-3-9-31/h4-7,10,12-14,28-29,31-32H,2-3,8-9,11,15H2,1H3,(H,27,33). The second-order valence-electron chi connectivity index (χ2n) is 8.48. The number of hydrogen-bond acceptors (Lipinski definition) is 8. The van der Waals surface area contributed by atoms with Gasteiger partial charge in [-0.05, 0) is 65.9 Å². The van der Waals surface area contributed by atoms with Gasteiger partial charge in [0.15, 0.2) is 5.75 Å². The first-order valence-electron chi connectivity index (χ1n) is 11.6. The highest BCUT2D eigenvalue weighted by Gasteiger charge is 2.20. The van der Waals surface area contributed by atoms with E-state index in [1.54, 1.807) is 18.2 Å². The zero-order valence-corrected chi connectivity index (χ0v) is 19.8. The zero-order chi connectivity index (χ0) is 25.7. The third kappa shape index (κ3) is 5.49. The Morgan fingerprint density at radius 1 is 1.08 bits per heavy atom. The van der Waals surface area contributed by atoms with E-state index in [9.17, 15) is 20.0 Å². The van der Waals surface area contributed by atoms with E-state index in [1.807, 2.05) is 24.3 Å². The summed E-state index contributed by atoms with van der Waals surface area (Å²) in [6.45, 7) is 1.00. The molecule has 0 unspecified atom stereocenters. The number of nitrogens with one attached hydrogen (secondary N) is 3. The molecule has 0 fully saturated rings. The Balaban J connectivity index is 1.56. The number of amides is 1. The number of aromatic hydroxyl groups is 1. The fourth-order valence-corrected chi connectivity index (χ4v) is 4.13. The van der Waals surface area contributed by atoms with E-state index in [2.05, 4.69) is 16.0 Å². The first-order chi connectivity index (χ1) is 17.4. The van der Waals surface area contributed by atoms with Crippen LogP contribution in [0.5, 0.6) is 11.5 Å². The molecule has 188 valence electrons. The lowest BCUT2D eigenvalue weighted by Crippen LogP contribution is -2.26. The summed E-state index contributed by atoms with van der Waals surface area (Å²) in [6.07, 6.45) is 1.62. The molecule has 0 atom stereocenters. The molecule has 0 saturated heterocycles. The van der Waals surface area contributed by atoms with Gasteiger partial charge in [-0.3, -0.25) is 14.9 Å². The number of aliphatic hydroxyl groups is 1. The van der Waals surface area contributed by atoms with E-state index in [0.717, 1.165) is 23.4 Å². The summed E-state index contributed by atoms with van der Waals surface area (Å²) >= 11 is 0. The highest BCUT2D eigenvalue weighted by molar-refractivity contribution is 5.85. The van der Waals surface area contributed by atoms with Crippen molar-refractivity contribution in [3.05, 3.63) is 69.8 Å². The third-order valence-electron chi connectivity index (χ3n) is 6.02. The zero-order valence-electron chi connectivity index (χ0n) is 19.8. The fourth-order valence-electron chi connectivity index (χ4n) is 4.13. The summed E-state index contributed by atoms with van der Waals surface area (Å²) in [5.41, 5.74) is 5.01. The molecule has 1 amide bonds. The summed E-state index contributed by atoms with van der Waals surface area (Å²) < 4.78 is 5.18. The van der Waals surface area contributed by atoms with Gasteiger partial charge in [-0.2, -0.15) is 0 Å². The number of rotatable bonds is 9. The van der Waals surface area contributed by atoms with E-state index >= 15 is 0 Å². The number of phenols is 1. The molecular formula is C26H28N4O6. The minimum absolute atomic E-state index is 0.0788. The maximum atomic E-state index is 12.2. The van der Waals surface area contributed by atoms with E-state index < -0.39 is 4.92 Å². The summed E-state index contributed by atoms with van der Waals surface area (Å²) in [6, 6.07) is 13.7. The van der Waals surface area contributed by atoms with E-state index in [0.29, 0.717) is 41.9 Å². The van der Waals surface area contributed by atoms with Gasteiger partial charge in [0.25, 0.3) is 0 Å². The number of unbranched alkanes of at least 4 members (excludes halogenated alkanes) is 1. The molecule has 5 N–H and O–H groups in total. The number of nitro benzene ring substituents is 1. The normalized spacial score (nSPS) is 11.8.